The third-order valence-corrected chi connectivity index (χ3v) is 0.423. The van der Waals surface area contributed by atoms with Crippen molar-refractivity contribution < 1.29 is 37.5 Å². The van der Waals surface area contributed by atoms with E-state index in [-0.39, 0.29) is 17.1 Å². The van der Waals surface area contributed by atoms with E-state index < -0.39 is 24.1 Å². The standard InChI is InChI=1S/2C2H5N3O2.Cu/c2*3-1(6)5-2(4)7;/h2*(H5,3,4,5,6,7);/q;;+2/p-4. The fourth-order valence-corrected chi connectivity index (χ4v) is 0.200. The molecule has 0 aliphatic rings. The van der Waals surface area contributed by atoms with Gasteiger partial charge in [0.15, 0.2) is 0 Å². The molecule has 0 atom stereocenters. The van der Waals surface area contributed by atoms with Gasteiger partial charge in [-0.2, -0.15) is 0 Å². The summed E-state index contributed by atoms with van der Waals surface area (Å²) in [6.45, 7) is 0. The van der Waals surface area contributed by atoms with E-state index in [1.165, 1.54) is 0 Å². The number of amidine groups is 4. The Morgan fingerprint density at radius 3 is 1.00 bits per heavy atom. The van der Waals surface area contributed by atoms with Crippen LogP contribution in [0, 0.1) is 10.8 Å². The quantitative estimate of drug-likeness (QED) is 0.189. The molecule has 0 aliphatic heterocycles. The van der Waals surface area contributed by atoms with Crippen LogP contribution < -0.4 is 31.9 Å². The molecule has 0 aromatic rings. The zero-order valence-electron chi connectivity index (χ0n) is 6.98. The number of hydrogen-bond acceptors (Lipinski definition) is 6. The van der Waals surface area contributed by atoms with E-state index in [0.717, 1.165) is 0 Å². The second-order valence-electron chi connectivity index (χ2n) is 1.51. The van der Waals surface area contributed by atoms with E-state index in [4.69, 9.17) is 10.8 Å². The number of aliphatic imine (C=N–C) groups is 2. The normalized spacial score (nSPS) is 10.4. The molecule has 1 radical (unpaired) electrons. The molecule has 0 amide bonds. The minimum absolute atomic E-state index is 0. The maximum absolute atomic E-state index is 9.52. The topological polar surface area (TPSA) is 217 Å². The second kappa shape index (κ2) is 10.1. The van der Waals surface area contributed by atoms with Gasteiger partial charge in [0, 0.05) is 0 Å². The molecule has 0 saturated carbocycles. The molecule has 11 heteroatoms. The van der Waals surface area contributed by atoms with E-state index >= 15 is 0 Å². The van der Waals surface area contributed by atoms with Crippen LogP contribution in [0.5, 0.6) is 0 Å². The summed E-state index contributed by atoms with van der Waals surface area (Å²) in [6.07, 6.45) is 0. The van der Waals surface area contributed by atoms with Crippen LogP contribution in [0.4, 0.5) is 0 Å². The zero-order chi connectivity index (χ0) is 11.7. The van der Waals surface area contributed by atoms with Crippen molar-refractivity contribution in [3.05, 3.63) is 0 Å². The molecule has 15 heavy (non-hydrogen) atoms. The monoisotopic (exact) mass is 265 g/mol. The molecule has 0 heterocycles. The summed E-state index contributed by atoms with van der Waals surface area (Å²) in [5, 5.41) is 50.0. The number of hydrogen-bond donors (Lipinski definition) is 4. The van der Waals surface area contributed by atoms with E-state index in [0.29, 0.717) is 0 Å². The minimum atomic E-state index is -1.31. The van der Waals surface area contributed by atoms with Gasteiger partial charge in [0.25, 0.3) is 0 Å². The first kappa shape index (κ1) is 18.7. The Morgan fingerprint density at radius 2 is 1.00 bits per heavy atom. The molecule has 0 spiro atoms. The van der Waals surface area contributed by atoms with Crippen LogP contribution in [-0.4, -0.2) is 24.1 Å². The van der Waals surface area contributed by atoms with Crippen LogP contribution in [0.1, 0.15) is 0 Å². The van der Waals surface area contributed by atoms with E-state index in [1.807, 2.05) is 0 Å². The van der Waals surface area contributed by atoms with Crippen molar-refractivity contribution in [2.75, 3.05) is 0 Å². The predicted molar refractivity (Wildman–Crippen MR) is 38.7 cm³/mol. The van der Waals surface area contributed by atoms with Crippen molar-refractivity contribution in [3.63, 3.8) is 0 Å². The van der Waals surface area contributed by atoms with Crippen LogP contribution in [0.2, 0.25) is 0 Å². The zero-order valence-corrected chi connectivity index (χ0v) is 7.93. The van der Waals surface area contributed by atoms with Gasteiger partial charge in [0.05, 0.1) is 24.1 Å². The van der Waals surface area contributed by atoms with Crippen LogP contribution in [0.15, 0.2) is 9.98 Å². The molecule has 0 aromatic carbocycles. The Labute approximate surface area is 94.5 Å². The average Bonchev–Trinajstić information content (AvgIpc) is 1.79. The number of nitrogens with zero attached hydrogens (tertiary/aromatic N) is 2. The fourth-order valence-electron chi connectivity index (χ4n) is 0.200. The molecule has 0 aromatic heterocycles. The van der Waals surface area contributed by atoms with Gasteiger partial charge in [-0.15, -0.1) is 0 Å². The van der Waals surface area contributed by atoms with E-state index in [2.05, 4.69) is 21.5 Å². The van der Waals surface area contributed by atoms with Crippen molar-refractivity contribution in [2.24, 2.45) is 21.5 Å². The van der Waals surface area contributed by atoms with Gasteiger partial charge in [-0.05, 0) is 0 Å². The van der Waals surface area contributed by atoms with Crippen LogP contribution in [-0.2, 0) is 17.1 Å². The maximum atomic E-state index is 9.52. The van der Waals surface area contributed by atoms with Crippen molar-refractivity contribution in [1.82, 2.24) is 0 Å². The van der Waals surface area contributed by atoms with Gasteiger partial charge >= 0.3 is 17.1 Å². The summed E-state index contributed by atoms with van der Waals surface area (Å²) in [6, 6.07) is -4.88. The third kappa shape index (κ3) is 33.3. The Kier molecular flexibility index (Phi) is 12.6. The molecular formula is C4H6CuN6O4-2. The third-order valence-electron chi connectivity index (χ3n) is 0.423. The first-order chi connectivity index (χ1) is 6.25. The second-order valence-corrected chi connectivity index (χ2v) is 1.51. The van der Waals surface area contributed by atoms with Crippen LogP contribution in [0.3, 0.4) is 0 Å². The van der Waals surface area contributed by atoms with Crippen LogP contribution in [0.25, 0.3) is 0 Å². The Balaban J connectivity index is -0.000000180. The van der Waals surface area contributed by atoms with Crippen molar-refractivity contribution in [3.8, 4) is 0 Å². The average molecular weight is 266 g/mol. The molecule has 0 aliphatic carbocycles. The molecular weight excluding hydrogens is 260 g/mol. The molecule has 89 valence electrons. The maximum Gasteiger partial charge on any atom is 2.00 e. The van der Waals surface area contributed by atoms with Gasteiger partial charge in [-0.1, -0.05) is 0 Å². The number of nitrogens with one attached hydrogen (secondary N) is 2. The van der Waals surface area contributed by atoms with Gasteiger partial charge in [-0.3, -0.25) is 10.8 Å². The molecule has 6 N–H and O–H groups in total. The minimum Gasteiger partial charge on any atom is -0.846 e. The summed E-state index contributed by atoms with van der Waals surface area (Å²) in [5.74, 6) is 0. The smallest absolute Gasteiger partial charge is 0.846 e. The summed E-state index contributed by atoms with van der Waals surface area (Å²) >= 11 is 0. The molecule has 10 nitrogen and oxygen atoms in total. The van der Waals surface area contributed by atoms with Crippen molar-refractivity contribution in [2.45, 2.75) is 0 Å². The largest absolute Gasteiger partial charge is 2.00 e. The Hall–Kier alpha value is -2.00. The van der Waals surface area contributed by atoms with E-state index in [1.54, 1.807) is 0 Å². The van der Waals surface area contributed by atoms with Gasteiger partial charge in [0.1, 0.15) is 0 Å². The first-order valence-electron chi connectivity index (χ1n) is 2.79. The fraction of sp³-hybridized carbons (Fsp3) is 0. The summed E-state index contributed by atoms with van der Waals surface area (Å²) in [5.41, 5.74) is 8.69. The van der Waals surface area contributed by atoms with Gasteiger partial charge in [-0.25, -0.2) is 9.98 Å². The van der Waals surface area contributed by atoms with Crippen molar-refractivity contribution >= 4 is 24.1 Å². The predicted octanol–water partition coefficient (Wildman–Crippen LogP) is -6.09. The molecule has 0 fully saturated rings. The molecule has 0 unspecified atom stereocenters. The van der Waals surface area contributed by atoms with Gasteiger partial charge < -0.3 is 31.9 Å². The van der Waals surface area contributed by atoms with Crippen LogP contribution >= 0.6 is 0 Å². The Bertz CT molecular complexity index is 240. The summed E-state index contributed by atoms with van der Waals surface area (Å²) in [4.78, 5) is 4.89. The number of nitrogens with two attached hydrogens (primary N) is 2. The number of rotatable bonds is 0. The first-order valence-corrected chi connectivity index (χ1v) is 2.79. The Morgan fingerprint density at radius 1 is 0.800 bits per heavy atom. The SMILES string of the molecule is N=C([O-])/N=C(\N)[O-].N=C([O-])/N=C(\N)[O-].[Cu+2]. The van der Waals surface area contributed by atoms with E-state index in [9.17, 15) is 20.4 Å². The summed E-state index contributed by atoms with van der Waals surface area (Å²) < 4.78 is 0. The summed E-state index contributed by atoms with van der Waals surface area (Å²) in [7, 11) is 0. The van der Waals surface area contributed by atoms with Crippen molar-refractivity contribution in [1.29, 1.82) is 10.8 Å². The van der Waals surface area contributed by atoms with Gasteiger partial charge in [0.2, 0.25) is 0 Å². The molecule has 0 saturated heterocycles. The molecule has 0 bridgehead atoms. The molecule has 0 rings (SSSR count).